The number of fused-ring (bicyclic) bond motifs is 1. The Morgan fingerprint density at radius 3 is 2.36 bits per heavy atom. The second-order valence-corrected chi connectivity index (χ2v) is 8.03. The largest absolute Gasteiger partial charge is 0.488 e. The molecule has 0 radical (unpaired) electrons. The van der Waals surface area contributed by atoms with E-state index >= 15 is 0 Å². The topological polar surface area (TPSA) is 58.6 Å². The zero-order valence-electron chi connectivity index (χ0n) is 17.5. The van der Waals surface area contributed by atoms with Crippen LogP contribution in [0.3, 0.4) is 0 Å². The lowest BCUT2D eigenvalue weighted by molar-refractivity contribution is -0.117. The molecule has 1 aliphatic rings. The van der Waals surface area contributed by atoms with Crippen molar-refractivity contribution < 1.29 is 14.3 Å². The van der Waals surface area contributed by atoms with Gasteiger partial charge in [0, 0.05) is 10.6 Å². The van der Waals surface area contributed by atoms with Gasteiger partial charge in [-0.3, -0.25) is 15.0 Å². The lowest BCUT2D eigenvalue weighted by Gasteiger charge is -2.14. The van der Waals surface area contributed by atoms with Gasteiger partial charge in [0.1, 0.15) is 17.9 Å². The van der Waals surface area contributed by atoms with E-state index in [1.807, 2.05) is 78.9 Å². The summed E-state index contributed by atoms with van der Waals surface area (Å²) >= 11 is 5.98. The second kappa shape index (κ2) is 8.81. The van der Waals surface area contributed by atoms with E-state index in [2.05, 4.69) is 5.43 Å². The van der Waals surface area contributed by atoms with Gasteiger partial charge in [0.05, 0.1) is 5.69 Å². The lowest BCUT2D eigenvalue weighted by atomic mass is 10.0. The summed E-state index contributed by atoms with van der Waals surface area (Å²) in [6, 6.07) is 28.0. The Bertz CT molecular complexity index is 1380. The summed E-state index contributed by atoms with van der Waals surface area (Å²) < 4.78 is 6.12. The van der Waals surface area contributed by atoms with Crippen LogP contribution >= 0.6 is 11.6 Å². The molecule has 1 N–H and O–H groups in total. The molecule has 1 saturated heterocycles. The first-order valence-electron chi connectivity index (χ1n) is 10.4. The minimum absolute atomic E-state index is 0.0477. The molecule has 0 aromatic heterocycles. The number of hydrazine groups is 1. The summed E-state index contributed by atoms with van der Waals surface area (Å²) in [5, 5.41) is 3.78. The van der Waals surface area contributed by atoms with Crippen LogP contribution in [-0.2, 0) is 16.2 Å². The quantitative estimate of drug-likeness (QED) is 0.318. The fourth-order valence-corrected chi connectivity index (χ4v) is 3.88. The number of benzene rings is 4. The van der Waals surface area contributed by atoms with Crippen LogP contribution in [0.1, 0.15) is 11.1 Å². The Kier molecular flexibility index (Phi) is 5.55. The third-order valence-corrected chi connectivity index (χ3v) is 5.68. The van der Waals surface area contributed by atoms with Crippen LogP contribution < -0.4 is 15.2 Å². The monoisotopic (exact) mass is 454 g/mol. The maximum Gasteiger partial charge on any atom is 0.282 e. The van der Waals surface area contributed by atoms with Crippen LogP contribution in [0, 0.1) is 0 Å². The highest BCUT2D eigenvalue weighted by molar-refractivity contribution is 6.32. The number of amides is 2. The third-order valence-electron chi connectivity index (χ3n) is 5.43. The van der Waals surface area contributed by atoms with Crippen molar-refractivity contribution in [2.75, 3.05) is 5.01 Å². The van der Waals surface area contributed by atoms with Crippen molar-refractivity contribution in [3.63, 3.8) is 0 Å². The van der Waals surface area contributed by atoms with Crippen LogP contribution in [0.15, 0.2) is 96.6 Å². The van der Waals surface area contributed by atoms with E-state index in [0.29, 0.717) is 28.6 Å². The highest BCUT2D eigenvalue weighted by atomic mass is 35.5. The van der Waals surface area contributed by atoms with E-state index in [-0.39, 0.29) is 5.57 Å². The zero-order valence-corrected chi connectivity index (χ0v) is 18.3. The first-order valence-corrected chi connectivity index (χ1v) is 10.8. The molecule has 0 unspecified atom stereocenters. The third kappa shape index (κ3) is 4.19. The predicted octanol–water partition coefficient (Wildman–Crippen LogP) is 5.53. The molecule has 5 rings (SSSR count). The average molecular weight is 455 g/mol. The number of para-hydroxylation sites is 1. The summed E-state index contributed by atoms with van der Waals surface area (Å²) in [7, 11) is 0. The number of nitrogens with zero attached hydrogens (tertiary/aromatic N) is 1. The molecule has 4 aromatic rings. The predicted molar refractivity (Wildman–Crippen MR) is 130 cm³/mol. The number of hydrogen-bond acceptors (Lipinski definition) is 3. The number of hydrogen-bond donors (Lipinski definition) is 1. The molecule has 0 saturated carbocycles. The molecule has 0 spiro atoms. The fourth-order valence-electron chi connectivity index (χ4n) is 3.75. The van der Waals surface area contributed by atoms with E-state index in [9.17, 15) is 9.59 Å². The van der Waals surface area contributed by atoms with Crippen LogP contribution in [0.25, 0.3) is 16.8 Å². The van der Waals surface area contributed by atoms with E-state index in [0.717, 1.165) is 16.3 Å². The van der Waals surface area contributed by atoms with Crippen molar-refractivity contribution in [3.05, 3.63) is 113 Å². The first kappa shape index (κ1) is 20.8. The molecule has 2 amide bonds. The maximum absolute atomic E-state index is 13.1. The number of carbonyl (C=O) groups excluding carboxylic acids is 2. The number of carbonyl (C=O) groups is 2. The summed E-state index contributed by atoms with van der Waals surface area (Å²) in [6.07, 6.45) is 1.61. The van der Waals surface area contributed by atoms with E-state index < -0.39 is 11.8 Å². The van der Waals surface area contributed by atoms with Crippen molar-refractivity contribution in [2.24, 2.45) is 0 Å². The Balaban J connectivity index is 1.54. The minimum Gasteiger partial charge on any atom is -0.488 e. The van der Waals surface area contributed by atoms with Crippen molar-refractivity contribution in [1.29, 1.82) is 0 Å². The van der Waals surface area contributed by atoms with Crippen LogP contribution in [0.4, 0.5) is 5.69 Å². The Labute approximate surface area is 195 Å². The van der Waals surface area contributed by atoms with Gasteiger partial charge in [-0.15, -0.1) is 0 Å². The van der Waals surface area contributed by atoms with Crippen LogP contribution in [-0.4, -0.2) is 11.8 Å². The molecule has 0 atom stereocenters. The zero-order chi connectivity index (χ0) is 22.8. The molecular weight excluding hydrogens is 436 g/mol. The van der Waals surface area contributed by atoms with E-state index in [1.165, 1.54) is 5.01 Å². The van der Waals surface area contributed by atoms with Gasteiger partial charge >= 0.3 is 0 Å². The Morgan fingerprint density at radius 1 is 0.848 bits per heavy atom. The maximum atomic E-state index is 13.1. The fraction of sp³-hybridized carbons (Fsp3) is 0.0370. The standard InChI is InChI=1S/C27H19ClN2O3/c28-20-13-10-18(11-14-20)17-33-25-15-12-19-6-4-5-9-22(19)23(25)16-24-26(31)29-30(27(24)32)21-7-2-1-3-8-21/h1-16H,17H2,(H,29,31)/b24-16-. The van der Waals surface area contributed by atoms with Gasteiger partial charge in [-0.05, 0) is 52.7 Å². The molecule has 33 heavy (non-hydrogen) atoms. The lowest BCUT2D eigenvalue weighted by Crippen LogP contribution is -2.35. The molecular formula is C27H19ClN2O3. The molecule has 1 aliphatic heterocycles. The number of rotatable bonds is 5. The minimum atomic E-state index is -0.458. The molecule has 0 aliphatic carbocycles. The summed E-state index contributed by atoms with van der Waals surface area (Å²) in [4.78, 5) is 25.8. The highest BCUT2D eigenvalue weighted by Gasteiger charge is 2.34. The SMILES string of the molecule is O=C1NN(c2ccccc2)C(=O)/C1=C\c1c(OCc2ccc(Cl)cc2)ccc2ccccc12. The number of nitrogens with one attached hydrogen (secondary N) is 1. The van der Waals surface area contributed by atoms with E-state index in [1.54, 1.807) is 18.2 Å². The van der Waals surface area contributed by atoms with Gasteiger partial charge in [-0.1, -0.05) is 72.3 Å². The van der Waals surface area contributed by atoms with Crippen LogP contribution in [0.2, 0.25) is 5.02 Å². The van der Waals surface area contributed by atoms with Gasteiger partial charge in [-0.25, -0.2) is 5.01 Å². The molecule has 6 heteroatoms. The van der Waals surface area contributed by atoms with Gasteiger partial charge in [0.2, 0.25) is 0 Å². The molecule has 4 aromatic carbocycles. The number of halogens is 1. The molecule has 5 nitrogen and oxygen atoms in total. The molecule has 1 heterocycles. The number of anilines is 1. The summed E-state index contributed by atoms with van der Waals surface area (Å²) in [6.45, 7) is 0.321. The molecule has 1 fully saturated rings. The van der Waals surface area contributed by atoms with Gasteiger partial charge < -0.3 is 4.74 Å². The number of ether oxygens (including phenoxy) is 1. The Hall–Kier alpha value is -4.09. The molecule has 162 valence electrons. The average Bonchev–Trinajstić information content (AvgIpc) is 3.13. The highest BCUT2D eigenvalue weighted by Crippen LogP contribution is 2.32. The smallest absolute Gasteiger partial charge is 0.282 e. The van der Waals surface area contributed by atoms with Crippen molar-refractivity contribution in [1.82, 2.24) is 5.43 Å². The Morgan fingerprint density at radius 2 is 1.58 bits per heavy atom. The van der Waals surface area contributed by atoms with Crippen molar-refractivity contribution in [2.45, 2.75) is 6.61 Å². The van der Waals surface area contributed by atoms with E-state index in [4.69, 9.17) is 16.3 Å². The van der Waals surface area contributed by atoms with Gasteiger partial charge in [-0.2, -0.15) is 0 Å². The summed E-state index contributed by atoms with van der Waals surface area (Å²) in [5.74, 6) is -0.293. The van der Waals surface area contributed by atoms with Crippen molar-refractivity contribution >= 4 is 46.0 Å². The van der Waals surface area contributed by atoms with Crippen LogP contribution in [0.5, 0.6) is 5.75 Å². The normalized spacial score (nSPS) is 14.7. The van der Waals surface area contributed by atoms with Gasteiger partial charge in [0.25, 0.3) is 11.8 Å². The summed E-state index contributed by atoms with van der Waals surface area (Å²) in [5.41, 5.74) is 4.92. The van der Waals surface area contributed by atoms with Gasteiger partial charge in [0.15, 0.2) is 0 Å². The second-order valence-electron chi connectivity index (χ2n) is 7.59. The first-order chi connectivity index (χ1) is 16.1. The van der Waals surface area contributed by atoms with Crippen molar-refractivity contribution in [3.8, 4) is 5.75 Å². The molecule has 0 bridgehead atoms.